The van der Waals surface area contributed by atoms with E-state index in [9.17, 15) is 9.90 Å². The van der Waals surface area contributed by atoms with E-state index in [4.69, 9.17) is 0 Å². The van der Waals surface area contributed by atoms with Crippen LogP contribution in [0.25, 0.3) is 0 Å². The van der Waals surface area contributed by atoms with Gasteiger partial charge in [-0.1, -0.05) is 30.3 Å². The summed E-state index contributed by atoms with van der Waals surface area (Å²) in [6.45, 7) is 7.28. The third kappa shape index (κ3) is 4.81. The van der Waals surface area contributed by atoms with Crippen molar-refractivity contribution in [1.29, 1.82) is 0 Å². The van der Waals surface area contributed by atoms with Crippen LogP contribution in [0.15, 0.2) is 48.7 Å². The maximum Gasteiger partial charge on any atom is 0.321 e. The van der Waals surface area contributed by atoms with Crippen LogP contribution in [0, 0.1) is 5.92 Å². The van der Waals surface area contributed by atoms with Crippen molar-refractivity contribution >= 4 is 17.5 Å². The zero-order valence-corrected chi connectivity index (χ0v) is 16.7. The molecule has 28 heavy (non-hydrogen) atoms. The minimum absolute atomic E-state index is 0.106. The van der Waals surface area contributed by atoms with Crippen molar-refractivity contribution in [3.63, 3.8) is 0 Å². The molecule has 0 bridgehead atoms. The first-order valence-electron chi connectivity index (χ1n) is 10.1. The highest BCUT2D eigenvalue weighted by Gasteiger charge is 2.28. The van der Waals surface area contributed by atoms with Gasteiger partial charge in [0.2, 0.25) is 0 Å². The van der Waals surface area contributed by atoms with Gasteiger partial charge in [-0.05, 0) is 50.3 Å². The number of amides is 2. The summed E-state index contributed by atoms with van der Waals surface area (Å²) in [5, 5.41) is 13.5. The van der Waals surface area contributed by atoms with Crippen LogP contribution in [0.4, 0.5) is 16.3 Å². The normalized spacial score (nSPS) is 15.9. The SMILES string of the molecule is CCN(CC)c1ccc(NC(=O)N2CCC([C@H](O)c3ccccc3)CC2)cn1. The first-order chi connectivity index (χ1) is 13.6. The number of rotatable bonds is 6. The number of carbonyl (C=O) groups excluding carboxylic acids is 1. The second-order valence-electron chi connectivity index (χ2n) is 7.19. The Morgan fingerprint density at radius 2 is 1.86 bits per heavy atom. The van der Waals surface area contributed by atoms with Crippen LogP contribution in [0.3, 0.4) is 0 Å². The summed E-state index contributed by atoms with van der Waals surface area (Å²) in [5.74, 6) is 1.10. The number of aromatic nitrogens is 1. The Bertz CT molecular complexity index is 739. The highest BCUT2D eigenvalue weighted by molar-refractivity contribution is 5.89. The van der Waals surface area contributed by atoms with Crippen molar-refractivity contribution in [2.24, 2.45) is 5.92 Å². The van der Waals surface area contributed by atoms with Crippen molar-refractivity contribution in [2.45, 2.75) is 32.8 Å². The molecule has 1 aliphatic rings. The summed E-state index contributed by atoms with van der Waals surface area (Å²) in [4.78, 5) is 21.0. The van der Waals surface area contributed by atoms with Crippen LogP contribution in [-0.4, -0.2) is 47.2 Å². The van der Waals surface area contributed by atoms with E-state index in [0.29, 0.717) is 18.8 Å². The zero-order chi connectivity index (χ0) is 19.9. The van der Waals surface area contributed by atoms with E-state index in [1.807, 2.05) is 47.4 Å². The Morgan fingerprint density at radius 3 is 2.43 bits per heavy atom. The van der Waals surface area contributed by atoms with Gasteiger partial charge >= 0.3 is 6.03 Å². The van der Waals surface area contributed by atoms with Gasteiger partial charge in [-0.25, -0.2) is 9.78 Å². The second-order valence-corrected chi connectivity index (χ2v) is 7.19. The third-order valence-electron chi connectivity index (χ3n) is 5.50. The van der Waals surface area contributed by atoms with Gasteiger partial charge in [0.15, 0.2) is 0 Å². The molecule has 2 heterocycles. The number of benzene rings is 1. The van der Waals surface area contributed by atoms with Crippen molar-refractivity contribution in [1.82, 2.24) is 9.88 Å². The minimum Gasteiger partial charge on any atom is -0.388 e. The predicted octanol–water partition coefficient (Wildman–Crippen LogP) is 3.91. The molecular formula is C22H30N4O2. The molecule has 0 aliphatic carbocycles. The van der Waals surface area contributed by atoms with Crippen molar-refractivity contribution in [3.8, 4) is 0 Å². The average Bonchev–Trinajstić information content (AvgIpc) is 2.76. The standard InChI is InChI=1S/C22H30N4O2/c1-3-25(4-2)20-11-10-19(16-23-20)24-22(28)26-14-12-18(13-15-26)21(27)17-8-6-5-7-9-17/h5-11,16,18,21,27H,3-4,12-15H2,1-2H3,(H,24,28)/t21-/m1/s1. The maximum atomic E-state index is 12.6. The summed E-state index contributed by atoms with van der Waals surface area (Å²) >= 11 is 0. The molecule has 150 valence electrons. The van der Waals surface area contributed by atoms with Crippen molar-refractivity contribution in [3.05, 3.63) is 54.2 Å². The number of pyridine rings is 1. The molecule has 2 amide bonds. The smallest absolute Gasteiger partial charge is 0.321 e. The zero-order valence-electron chi connectivity index (χ0n) is 16.7. The lowest BCUT2D eigenvalue weighted by atomic mass is 9.87. The van der Waals surface area contributed by atoms with Crippen LogP contribution in [0.5, 0.6) is 0 Å². The lowest BCUT2D eigenvalue weighted by Crippen LogP contribution is -2.42. The number of likely N-dealkylation sites (tertiary alicyclic amines) is 1. The molecule has 0 saturated carbocycles. The number of anilines is 2. The topological polar surface area (TPSA) is 68.7 Å². The lowest BCUT2D eigenvalue weighted by molar-refractivity contribution is 0.0683. The van der Waals surface area contributed by atoms with Crippen LogP contribution >= 0.6 is 0 Å². The summed E-state index contributed by atoms with van der Waals surface area (Å²) in [6.07, 6.45) is 2.83. The van der Waals surface area contributed by atoms with Crippen molar-refractivity contribution in [2.75, 3.05) is 36.4 Å². The molecule has 2 aromatic rings. The van der Waals surface area contributed by atoms with Gasteiger partial charge in [0.25, 0.3) is 0 Å². The Morgan fingerprint density at radius 1 is 1.18 bits per heavy atom. The number of carbonyl (C=O) groups is 1. The molecule has 6 nitrogen and oxygen atoms in total. The number of hydrogen-bond donors (Lipinski definition) is 2. The Hall–Kier alpha value is -2.60. The van der Waals surface area contributed by atoms with Gasteiger partial charge in [0, 0.05) is 26.2 Å². The third-order valence-corrected chi connectivity index (χ3v) is 5.50. The molecule has 1 saturated heterocycles. The average molecular weight is 383 g/mol. The van der Waals surface area contributed by atoms with Crippen molar-refractivity contribution < 1.29 is 9.90 Å². The van der Waals surface area contributed by atoms with Crippen LogP contribution in [0.2, 0.25) is 0 Å². The molecule has 0 radical (unpaired) electrons. The van der Waals surface area contributed by atoms with Gasteiger partial charge in [0.1, 0.15) is 5.82 Å². The number of hydrogen-bond acceptors (Lipinski definition) is 4. The Balaban J connectivity index is 1.51. The van der Waals surface area contributed by atoms with Crippen LogP contribution < -0.4 is 10.2 Å². The molecule has 1 aliphatic heterocycles. The quantitative estimate of drug-likeness (QED) is 0.795. The lowest BCUT2D eigenvalue weighted by Gasteiger charge is -2.34. The van der Waals surface area contributed by atoms with E-state index >= 15 is 0 Å². The predicted molar refractivity (Wildman–Crippen MR) is 113 cm³/mol. The molecule has 1 fully saturated rings. The van der Waals surface area contributed by atoms with Gasteiger partial charge in [-0.2, -0.15) is 0 Å². The maximum absolute atomic E-state index is 12.6. The van der Waals surface area contributed by atoms with Gasteiger partial charge < -0.3 is 20.2 Å². The first kappa shape index (κ1) is 20.1. The minimum atomic E-state index is -0.469. The molecule has 0 spiro atoms. The molecule has 1 aromatic heterocycles. The number of piperidine rings is 1. The number of nitrogens with one attached hydrogen (secondary N) is 1. The molecule has 1 atom stereocenters. The number of aliphatic hydroxyl groups excluding tert-OH is 1. The van der Waals surface area contributed by atoms with E-state index < -0.39 is 6.10 Å². The Kier molecular flexibility index (Phi) is 6.87. The molecule has 2 N–H and O–H groups in total. The summed E-state index contributed by atoms with van der Waals surface area (Å²) in [6, 6.07) is 13.5. The van der Waals surface area contributed by atoms with Crippen LogP contribution in [-0.2, 0) is 0 Å². The van der Waals surface area contributed by atoms with E-state index in [1.165, 1.54) is 0 Å². The van der Waals surface area contributed by atoms with Gasteiger partial charge in [-0.15, -0.1) is 0 Å². The number of aliphatic hydroxyl groups is 1. The fourth-order valence-electron chi connectivity index (χ4n) is 3.74. The van der Waals surface area contributed by atoms with E-state index in [2.05, 4.69) is 29.0 Å². The monoisotopic (exact) mass is 382 g/mol. The number of urea groups is 1. The fourth-order valence-corrected chi connectivity index (χ4v) is 3.74. The van der Waals surface area contributed by atoms with E-state index in [0.717, 1.165) is 37.3 Å². The highest BCUT2D eigenvalue weighted by Crippen LogP contribution is 2.30. The second kappa shape index (κ2) is 9.55. The van der Waals surface area contributed by atoms with Gasteiger partial charge in [0.05, 0.1) is 18.0 Å². The van der Waals surface area contributed by atoms with Gasteiger partial charge in [-0.3, -0.25) is 0 Å². The Labute approximate surface area is 167 Å². The van der Waals surface area contributed by atoms with Crippen LogP contribution in [0.1, 0.15) is 38.4 Å². The van der Waals surface area contributed by atoms with E-state index in [1.54, 1.807) is 6.20 Å². The number of nitrogens with zero attached hydrogens (tertiary/aromatic N) is 3. The first-order valence-corrected chi connectivity index (χ1v) is 10.1. The molecule has 3 rings (SSSR count). The summed E-state index contributed by atoms with van der Waals surface area (Å²) in [5.41, 5.74) is 1.65. The molecule has 0 unspecified atom stereocenters. The largest absolute Gasteiger partial charge is 0.388 e. The highest BCUT2D eigenvalue weighted by atomic mass is 16.3. The fraction of sp³-hybridized carbons (Fsp3) is 0.455. The molecule has 1 aromatic carbocycles. The molecular weight excluding hydrogens is 352 g/mol. The summed E-state index contributed by atoms with van der Waals surface area (Å²) in [7, 11) is 0. The van der Waals surface area contributed by atoms with E-state index in [-0.39, 0.29) is 11.9 Å². The summed E-state index contributed by atoms with van der Waals surface area (Å²) < 4.78 is 0. The molecule has 6 heteroatoms.